The van der Waals surface area contributed by atoms with E-state index in [0.29, 0.717) is 6.61 Å². The van der Waals surface area contributed by atoms with Crippen LogP contribution < -0.4 is 5.32 Å². The van der Waals surface area contributed by atoms with Gasteiger partial charge in [-0.15, -0.1) is 0 Å². The van der Waals surface area contributed by atoms with Crippen LogP contribution in [0, 0.1) is 5.41 Å². The fourth-order valence-corrected chi connectivity index (χ4v) is 3.52. The highest BCUT2D eigenvalue weighted by Gasteiger charge is 2.35. The summed E-state index contributed by atoms with van der Waals surface area (Å²) < 4.78 is 17.4. The first-order chi connectivity index (χ1) is 10.4. The fourth-order valence-electron chi connectivity index (χ4n) is 2.37. The summed E-state index contributed by atoms with van der Waals surface area (Å²) in [6.07, 6.45) is 3.49. The summed E-state index contributed by atoms with van der Waals surface area (Å²) in [5.41, 5.74) is -0.503. The molecule has 0 saturated heterocycles. The Balaban J connectivity index is 2.64. The third-order valence-corrected chi connectivity index (χ3v) is 4.11. The van der Waals surface area contributed by atoms with Crippen molar-refractivity contribution in [1.29, 1.82) is 0 Å². The topological polar surface area (TPSA) is 56.8 Å². The number of alkyl carbamates (subject to hydrolysis) is 1. The van der Waals surface area contributed by atoms with Crippen LogP contribution in [0.3, 0.4) is 0 Å². The van der Waals surface area contributed by atoms with E-state index in [1.54, 1.807) is 0 Å². The minimum Gasteiger partial charge on any atom is -0.444 e. The van der Waals surface area contributed by atoms with E-state index in [1.807, 2.05) is 32.9 Å². The molecular formula is C17H33NO4Si. The molecule has 0 bridgehead atoms. The third-order valence-electron chi connectivity index (χ3n) is 3.27. The normalized spacial score (nSPS) is 23.7. The Morgan fingerprint density at radius 1 is 1.22 bits per heavy atom. The SMILES string of the molecule is C[SiH](C)OC([C@@H]1C=C[C@@H](NC(=O)OC(C)(C)C)CO1)C(C)(C)C. The quantitative estimate of drug-likeness (QED) is 0.629. The summed E-state index contributed by atoms with van der Waals surface area (Å²) in [5, 5.41) is 2.81. The zero-order valence-electron chi connectivity index (χ0n) is 15.8. The van der Waals surface area contributed by atoms with E-state index in [1.165, 1.54) is 0 Å². The number of hydrogen-bond donors (Lipinski definition) is 1. The summed E-state index contributed by atoms with van der Waals surface area (Å²) >= 11 is 0. The first-order valence-corrected chi connectivity index (χ1v) is 11.1. The van der Waals surface area contributed by atoms with Gasteiger partial charge < -0.3 is 19.2 Å². The fraction of sp³-hybridized carbons (Fsp3) is 0.824. The lowest BCUT2D eigenvalue weighted by atomic mass is 9.85. The van der Waals surface area contributed by atoms with E-state index in [2.05, 4.69) is 39.2 Å². The predicted molar refractivity (Wildman–Crippen MR) is 95.2 cm³/mol. The summed E-state index contributed by atoms with van der Waals surface area (Å²) in [6.45, 7) is 16.8. The van der Waals surface area contributed by atoms with Crippen LogP contribution in [-0.2, 0) is 13.9 Å². The Labute approximate surface area is 142 Å². The van der Waals surface area contributed by atoms with Gasteiger partial charge in [0.15, 0.2) is 9.04 Å². The maximum atomic E-state index is 11.8. The van der Waals surface area contributed by atoms with E-state index in [-0.39, 0.29) is 23.7 Å². The molecular weight excluding hydrogens is 310 g/mol. The third kappa shape index (κ3) is 7.50. The van der Waals surface area contributed by atoms with Crippen LogP contribution in [0.25, 0.3) is 0 Å². The Hall–Kier alpha value is -0.853. The molecule has 0 aromatic rings. The van der Waals surface area contributed by atoms with Crippen LogP contribution in [0.1, 0.15) is 41.5 Å². The molecule has 1 unspecified atom stereocenters. The molecule has 1 aliphatic rings. The van der Waals surface area contributed by atoms with Gasteiger partial charge in [-0.25, -0.2) is 4.79 Å². The zero-order chi connectivity index (χ0) is 17.8. The molecule has 5 nitrogen and oxygen atoms in total. The Bertz CT molecular complexity index is 423. The molecule has 6 heteroatoms. The highest BCUT2D eigenvalue weighted by atomic mass is 28.3. The standard InChI is InChI=1S/C17H33NO4Si/c1-16(2,3)14(22-23(7)8)13-10-9-12(11-20-13)18-15(19)21-17(4,5)6/h9-10,12-14,23H,11H2,1-8H3,(H,18,19)/t12-,13+,14?/m1/s1. The number of hydrogen-bond acceptors (Lipinski definition) is 4. The van der Waals surface area contributed by atoms with Crippen molar-refractivity contribution in [1.82, 2.24) is 5.32 Å². The number of carbonyl (C=O) groups is 1. The van der Waals surface area contributed by atoms with Gasteiger partial charge in [-0.2, -0.15) is 0 Å². The minimum atomic E-state index is -1.17. The summed E-state index contributed by atoms with van der Waals surface area (Å²) in [6, 6.07) is -0.169. The second-order valence-corrected chi connectivity index (χ2v) is 10.8. The molecule has 0 aromatic carbocycles. The van der Waals surface area contributed by atoms with Crippen molar-refractivity contribution in [2.45, 2.75) is 78.5 Å². The van der Waals surface area contributed by atoms with Gasteiger partial charge in [-0.3, -0.25) is 0 Å². The molecule has 3 atom stereocenters. The molecule has 1 rings (SSSR count). The average molecular weight is 344 g/mol. The summed E-state index contributed by atoms with van der Waals surface area (Å²) in [7, 11) is -1.17. The molecule has 0 spiro atoms. The second-order valence-electron chi connectivity index (χ2n) is 8.41. The zero-order valence-corrected chi connectivity index (χ0v) is 17.0. The minimum absolute atomic E-state index is 0.00227. The highest BCUT2D eigenvalue weighted by molar-refractivity contribution is 6.48. The molecule has 0 saturated carbocycles. The predicted octanol–water partition coefficient (Wildman–Crippen LogP) is 3.25. The summed E-state index contributed by atoms with van der Waals surface area (Å²) in [5.74, 6) is 0. The van der Waals surface area contributed by atoms with Gasteiger partial charge >= 0.3 is 6.09 Å². The van der Waals surface area contributed by atoms with Gasteiger partial charge in [0.05, 0.1) is 18.8 Å². The molecule has 1 aliphatic heterocycles. The van der Waals surface area contributed by atoms with Gasteiger partial charge in [0.1, 0.15) is 11.7 Å². The molecule has 1 amide bonds. The lowest BCUT2D eigenvalue weighted by molar-refractivity contribution is -0.0546. The Morgan fingerprint density at radius 2 is 1.83 bits per heavy atom. The maximum Gasteiger partial charge on any atom is 0.408 e. The lowest BCUT2D eigenvalue weighted by Crippen LogP contribution is -2.48. The van der Waals surface area contributed by atoms with E-state index < -0.39 is 20.7 Å². The van der Waals surface area contributed by atoms with Crippen molar-refractivity contribution in [3.05, 3.63) is 12.2 Å². The van der Waals surface area contributed by atoms with Crippen LogP contribution >= 0.6 is 0 Å². The molecule has 0 aliphatic carbocycles. The molecule has 0 fully saturated rings. The largest absolute Gasteiger partial charge is 0.444 e. The van der Waals surface area contributed by atoms with Gasteiger partial charge in [-0.1, -0.05) is 32.9 Å². The highest BCUT2D eigenvalue weighted by Crippen LogP contribution is 2.29. The Kier molecular flexibility index (Phi) is 6.86. The van der Waals surface area contributed by atoms with E-state index in [9.17, 15) is 4.79 Å². The van der Waals surface area contributed by atoms with Gasteiger partial charge in [0.2, 0.25) is 0 Å². The van der Waals surface area contributed by atoms with Crippen molar-refractivity contribution in [3.8, 4) is 0 Å². The molecule has 0 aromatic heterocycles. The number of carbonyl (C=O) groups excluding carboxylic acids is 1. The number of rotatable bonds is 4. The van der Waals surface area contributed by atoms with E-state index in [4.69, 9.17) is 13.9 Å². The van der Waals surface area contributed by atoms with Gasteiger partial charge in [0.25, 0.3) is 0 Å². The van der Waals surface area contributed by atoms with Crippen LogP contribution in [0.5, 0.6) is 0 Å². The monoisotopic (exact) mass is 343 g/mol. The first kappa shape index (κ1) is 20.2. The molecule has 23 heavy (non-hydrogen) atoms. The van der Waals surface area contributed by atoms with E-state index >= 15 is 0 Å². The second kappa shape index (κ2) is 7.81. The average Bonchev–Trinajstić information content (AvgIpc) is 2.33. The van der Waals surface area contributed by atoms with Crippen molar-refractivity contribution in [2.24, 2.45) is 5.41 Å². The van der Waals surface area contributed by atoms with Crippen molar-refractivity contribution >= 4 is 15.1 Å². The Morgan fingerprint density at radius 3 is 2.22 bits per heavy atom. The number of amides is 1. The lowest BCUT2D eigenvalue weighted by Gasteiger charge is -2.39. The summed E-state index contributed by atoms with van der Waals surface area (Å²) in [4.78, 5) is 11.8. The van der Waals surface area contributed by atoms with Crippen molar-refractivity contribution < 1.29 is 18.7 Å². The van der Waals surface area contributed by atoms with Crippen molar-refractivity contribution in [3.63, 3.8) is 0 Å². The van der Waals surface area contributed by atoms with Crippen LogP contribution in [0.15, 0.2) is 12.2 Å². The van der Waals surface area contributed by atoms with Crippen LogP contribution in [-0.4, -0.2) is 45.6 Å². The first-order valence-electron chi connectivity index (χ1n) is 8.33. The number of ether oxygens (including phenoxy) is 2. The van der Waals surface area contributed by atoms with Crippen molar-refractivity contribution in [2.75, 3.05) is 6.61 Å². The molecule has 1 heterocycles. The molecule has 0 radical (unpaired) electrons. The van der Waals surface area contributed by atoms with Crippen LogP contribution in [0.4, 0.5) is 4.79 Å². The van der Waals surface area contributed by atoms with Crippen LogP contribution in [0.2, 0.25) is 13.1 Å². The molecule has 134 valence electrons. The molecule has 1 N–H and O–H groups in total. The number of nitrogens with one attached hydrogen (secondary N) is 1. The van der Waals surface area contributed by atoms with Gasteiger partial charge in [-0.05, 0) is 39.3 Å². The van der Waals surface area contributed by atoms with Gasteiger partial charge in [0, 0.05) is 0 Å². The van der Waals surface area contributed by atoms with E-state index in [0.717, 1.165) is 0 Å². The maximum absolute atomic E-state index is 11.8. The smallest absolute Gasteiger partial charge is 0.408 e.